The topological polar surface area (TPSA) is 76.0 Å². The van der Waals surface area contributed by atoms with Crippen molar-refractivity contribution in [3.8, 4) is 0 Å². The first-order valence-corrected chi connectivity index (χ1v) is 9.35. The van der Waals surface area contributed by atoms with Crippen LogP contribution in [0.1, 0.15) is 57.8 Å². The summed E-state index contributed by atoms with van der Waals surface area (Å²) < 4.78 is 2.12. The van der Waals surface area contributed by atoms with E-state index in [4.69, 9.17) is 0 Å². The number of imidazole rings is 1. The molecule has 0 spiro atoms. The molecule has 2 amide bonds. The van der Waals surface area contributed by atoms with Gasteiger partial charge in [-0.1, -0.05) is 38.7 Å². The van der Waals surface area contributed by atoms with Crippen molar-refractivity contribution in [2.75, 3.05) is 13.1 Å². The standard InChI is InChI=1S/C19H32N4O2/c1-2-18(24)21-12-10-13-22-19(25)11-8-6-4-3-5-7-9-15-23-16-14-20-17-23/h2,14,16-17H,1,3-13,15H2,(H,21,24)(H,22,25). The number of nitrogens with one attached hydrogen (secondary N) is 2. The van der Waals surface area contributed by atoms with Crippen molar-refractivity contribution in [1.29, 1.82) is 0 Å². The van der Waals surface area contributed by atoms with Gasteiger partial charge in [0.2, 0.25) is 11.8 Å². The zero-order valence-electron chi connectivity index (χ0n) is 15.2. The van der Waals surface area contributed by atoms with Crippen LogP contribution in [-0.2, 0) is 16.1 Å². The largest absolute Gasteiger partial charge is 0.356 e. The number of rotatable bonds is 15. The normalized spacial score (nSPS) is 10.4. The van der Waals surface area contributed by atoms with Crippen molar-refractivity contribution in [1.82, 2.24) is 20.2 Å². The Morgan fingerprint density at radius 3 is 2.32 bits per heavy atom. The van der Waals surface area contributed by atoms with Crippen molar-refractivity contribution in [3.63, 3.8) is 0 Å². The van der Waals surface area contributed by atoms with E-state index in [-0.39, 0.29) is 11.8 Å². The number of aryl methyl sites for hydroxylation is 1. The molecule has 0 aromatic carbocycles. The van der Waals surface area contributed by atoms with E-state index in [2.05, 4.69) is 26.8 Å². The SMILES string of the molecule is C=CC(=O)NCCCNC(=O)CCCCCCCCCn1ccnc1. The molecule has 0 aliphatic rings. The molecule has 0 radical (unpaired) electrons. The van der Waals surface area contributed by atoms with Gasteiger partial charge in [-0.05, 0) is 25.3 Å². The Hall–Kier alpha value is -2.11. The van der Waals surface area contributed by atoms with Crippen LogP contribution in [0.5, 0.6) is 0 Å². The van der Waals surface area contributed by atoms with Gasteiger partial charge in [0.1, 0.15) is 0 Å². The first kappa shape index (κ1) is 20.9. The summed E-state index contributed by atoms with van der Waals surface area (Å²) in [5, 5.41) is 5.57. The Bertz CT molecular complexity index is 486. The van der Waals surface area contributed by atoms with Crippen molar-refractivity contribution in [2.24, 2.45) is 0 Å². The Kier molecular flexibility index (Phi) is 11.9. The summed E-state index contributed by atoms with van der Waals surface area (Å²) in [4.78, 5) is 26.6. The van der Waals surface area contributed by atoms with Gasteiger partial charge in [-0.25, -0.2) is 4.98 Å². The second-order valence-electron chi connectivity index (χ2n) is 6.22. The molecule has 1 aromatic rings. The minimum absolute atomic E-state index is 0.107. The maximum Gasteiger partial charge on any atom is 0.243 e. The third-order valence-corrected chi connectivity index (χ3v) is 4.04. The fraction of sp³-hybridized carbons (Fsp3) is 0.632. The molecule has 0 saturated heterocycles. The van der Waals surface area contributed by atoms with Crippen LogP contribution < -0.4 is 10.6 Å². The zero-order chi connectivity index (χ0) is 18.2. The molecule has 25 heavy (non-hydrogen) atoms. The summed E-state index contributed by atoms with van der Waals surface area (Å²) >= 11 is 0. The molecular weight excluding hydrogens is 316 g/mol. The van der Waals surface area contributed by atoms with Crippen LogP contribution in [0.3, 0.4) is 0 Å². The molecule has 1 rings (SSSR count). The third-order valence-electron chi connectivity index (χ3n) is 4.04. The maximum atomic E-state index is 11.7. The van der Waals surface area contributed by atoms with Crippen LogP contribution in [0.15, 0.2) is 31.4 Å². The number of carbonyl (C=O) groups excluding carboxylic acids is 2. The summed E-state index contributed by atoms with van der Waals surface area (Å²) in [6.07, 6.45) is 16.5. The molecule has 1 aromatic heterocycles. The number of aromatic nitrogens is 2. The highest BCUT2D eigenvalue weighted by atomic mass is 16.2. The van der Waals surface area contributed by atoms with Crippen molar-refractivity contribution in [3.05, 3.63) is 31.4 Å². The molecule has 1 heterocycles. The van der Waals surface area contributed by atoms with Gasteiger partial charge in [-0.3, -0.25) is 9.59 Å². The first-order chi connectivity index (χ1) is 12.2. The summed E-state index contributed by atoms with van der Waals surface area (Å²) in [5.74, 6) is -0.0663. The van der Waals surface area contributed by atoms with Crippen molar-refractivity contribution >= 4 is 11.8 Å². The van der Waals surface area contributed by atoms with Crippen molar-refractivity contribution < 1.29 is 9.59 Å². The van der Waals surface area contributed by atoms with Crippen LogP contribution >= 0.6 is 0 Å². The summed E-state index contributed by atoms with van der Waals surface area (Å²) in [6, 6.07) is 0. The highest BCUT2D eigenvalue weighted by Gasteiger charge is 2.01. The van der Waals surface area contributed by atoms with Gasteiger partial charge in [0.05, 0.1) is 6.33 Å². The average Bonchev–Trinajstić information content (AvgIpc) is 3.13. The highest BCUT2D eigenvalue weighted by Crippen LogP contribution is 2.09. The molecule has 140 valence electrons. The fourth-order valence-corrected chi connectivity index (χ4v) is 2.57. The lowest BCUT2D eigenvalue weighted by atomic mass is 10.1. The lowest BCUT2D eigenvalue weighted by Gasteiger charge is -2.06. The average molecular weight is 348 g/mol. The second kappa shape index (κ2) is 14.3. The maximum absolute atomic E-state index is 11.7. The molecule has 6 nitrogen and oxygen atoms in total. The van der Waals surface area contributed by atoms with E-state index in [1.54, 1.807) is 0 Å². The van der Waals surface area contributed by atoms with Gasteiger partial charge in [0.25, 0.3) is 0 Å². The van der Waals surface area contributed by atoms with Crippen LogP contribution in [-0.4, -0.2) is 34.5 Å². The van der Waals surface area contributed by atoms with E-state index in [1.807, 2.05) is 18.7 Å². The van der Waals surface area contributed by atoms with E-state index in [0.717, 1.165) is 25.8 Å². The summed E-state index contributed by atoms with van der Waals surface area (Å²) in [6.45, 7) is 5.60. The fourth-order valence-electron chi connectivity index (χ4n) is 2.57. The number of hydrogen-bond acceptors (Lipinski definition) is 3. The van der Waals surface area contributed by atoms with Crippen LogP contribution in [0.2, 0.25) is 0 Å². The molecule has 0 fully saturated rings. The van der Waals surface area contributed by atoms with E-state index < -0.39 is 0 Å². The van der Waals surface area contributed by atoms with Crippen LogP contribution in [0, 0.1) is 0 Å². The molecule has 0 bridgehead atoms. The van der Waals surface area contributed by atoms with E-state index in [9.17, 15) is 9.59 Å². The minimum atomic E-state index is -0.173. The van der Waals surface area contributed by atoms with E-state index in [0.29, 0.717) is 19.5 Å². The van der Waals surface area contributed by atoms with Crippen molar-refractivity contribution in [2.45, 2.75) is 64.3 Å². The number of nitrogens with zero attached hydrogens (tertiary/aromatic N) is 2. The first-order valence-electron chi connectivity index (χ1n) is 9.35. The predicted octanol–water partition coefficient (Wildman–Crippen LogP) is 2.81. The van der Waals surface area contributed by atoms with Gasteiger partial charge in [0, 0.05) is 38.4 Å². The molecule has 2 N–H and O–H groups in total. The van der Waals surface area contributed by atoms with Gasteiger partial charge >= 0.3 is 0 Å². The predicted molar refractivity (Wildman–Crippen MR) is 100.0 cm³/mol. The molecule has 0 atom stereocenters. The zero-order valence-corrected chi connectivity index (χ0v) is 15.2. The number of unbranched alkanes of at least 4 members (excludes halogenated alkanes) is 6. The monoisotopic (exact) mass is 348 g/mol. The van der Waals surface area contributed by atoms with Gasteiger partial charge < -0.3 is 15.2 Å². The number of hydrogen-bond donors (Lipinski definition) is 2. The molecule has 6 heteroatoms. The molecule has 0 saturated carbocycles. The lowest BCUT2D eigenvalue weighted by molar-refractivity contribution is -0.121. The second-order valence-corrected chi connectivity index (χ2v) is 6.22. The molecular formula is C19H32N4O2. The smallest absolute Gasteiger partial charge is 0.243 e. The number of amides is 2. The Morgan fingerprint density at radius 2 is 1.64 bits per heavy atom. The van der Waals surface area contributed by atoms with Gasteiger partial charge in [-0.15, -0.1) is 0 Å². The van der Waals surface area contributed by atoms with Crippen LogP contribution in [0.4, 0.5) is 0 Å². The molecule has 0 aliphatic heterocycles. The highest BCUT2D eigenvalue weighted by molar-refractivity contribution is 5.86. The Morgan fingerprint density at radius 1 is 0.960 bits per heavy atom. The van der Waals surface area contributed by atoms with Crippen LogP contribution in [0.25, 0.3) is 0 Å². The third kappa shape index (κ3) is 12.0. The Labute approximate surface area is 151 Å². The summed E-state index contributed by atoms with van der Waals surface area (Å²) in [5.41, 5.74) is 0. The lowest BCUT2D eigenvalue weighted by Crippen LogP contribution is -2.28. The minimum Gasteiger partial charge on any atom is -0.356 e. The molecule has 0 unspecified atom stereocenters. The quantitative estimate of drug-likeness (QED) is 0.378. The summed E-state index contributed by atoms with van der Waals surface area (Å²) in [7, 11) is 0. The van der Waals surface area contributed by atoms with Gasteiger partial charge in [-0.2, -0.15) is 0 Å². The van der Waals surface area contributed by atoms with E-state index >= 15 is 0 Å². The number of carbonyl (C=O) groups is 2. The molecule has 0 aliphatic carbocycles. The van der Waals surface area contributed by atoms with E-state index in [1.165, 1.54) is 38.2 Å². The van der Waals surface area contributed by atoms with Gasteiger partial charge in [0.15, 0.2) is 0 Å². The Balaban J connectivity index is 1.80.